The second kappa shape index (κ2) is 7.97. The molecule has 0 spiro atoms. The largest absolute Gasteiger partial charge is 0.388 e. The Hall–Kier alpha value is -2.25. The zero-order chi connectivity index (χ0) is 18.7. The molecule has 7 heteroatoms. The van der Waals surface area contributed by atoms with Crippen molar-refractivity contribution in [1.82, 2.24) is 14.5 Å². The Kier molecular flexibility index (Phi) is 5.68. The standard InChI is InChI=1S/C19H25N3O4/c1-13(2)26-17-11-22(10-16(17)23)18(24)8-5-9-21-12-20-15-7-4-3-6-14(15)19(21)25/h3-4,6-7,12-13,16-17,23H,5,8-11H2,1-2H3/t16-,17-/m1/s1. The fraction of sp³-hybridized carbons (Fsp3) is 0.526. The van der Waals surface area contributed by atoms with Crippen molar-refractivity contribution < 1.29 is 14.6 Å². The summed E-state index contributed by atoms with van der Waals surface area (Å²) in [6.45, 7) is 4.97. The number of carbonyl (C=O) groups excluding carboxylic acids is 1. The van der Waals surface area contributed by atoms with Crippen molar-refractivity contribution in [1.29, 1.82) is 0 Å². The van der Waals surface area contributed by atoms with Gasteiger partial charge in [0.1, 0.15) is 6.10 Å². The summed E-state index contributed by atoms with van der Waals surface area (Å²) in [5.74, 6) is -0.0271. The molecule has 1 fully saturated rings. The van der Waals surface area contributed by atoms with Crippen LogP contribution in [0.2, 0.25) is 0 Å². The van der Waals surface area contributed by atoms with Gasteiger partial charge in [-0.25, -0.2) is 4.98 Å². The number of para-hydroxylation sites is 1. The molecule has 0 bridgehead atoms. The first-order chi connectivity index (χ1) is 12.5. The van der Waals surface area contributed by atoms with E-state index in [1.54, 1.807) is 21.6 Å². The number of β-amino-alcohol motifs (C(OH)–C–C–N with tert-alkyl or cyclic N) is 1. The number of fused-ring (bicyclic) bond motifs is 1. The quantitative estimate of drug-likeness (QED) is 0.837. The van der Waals surface area contributed by atoms with Gasteiger partial charge in [0.2, 0.25) is 5.91 Å². The maximum atomic E-state index is 12.4. The number of hydrogen-bond acceptors (Lipinski definition) is 5. The minimum absolute atomic E-state index is 0.0111. The number of aliphatic hydroxyl groups is 1. The number of aliphatic hydroxyl groups excluding tert-OH is 1. The van der Waals surface area contributed by atoms with Gasteiger partial charge in [0, 0.05) is 26.1 Å². The van der Waals surface area contributed by atoms with Crippen LogP contribution in [-0.4, -0.2) is 56.9 Å². The molecule has 2 aromatic rings. The monoisotopic (exact) mass is 359 g/mol. The normalized spacial score (nSPS) is 20.2. The third-order valence-electron chi connectivity index (χ3n) is 4.56. The van der Waals surface area contributed by atoms with Crippen molar-refractivity contribution in [2.45, 2.75) is 51.5 Å². The third-order valence-corrected chi connectivity index (χ3v) is 4.56. The van der Waals surface area contributed by atoms with Crippen LogP contribution >= 0.6 is 0 Å². The molecule has 1 aliphatic heterocycles. The number of benzene rings is 1. The summed E-state index contributed by atoms with van der Waals surface area (Å²) in [5.41, 5.74) is 0.581. The lowest BCUT2D eigenvalue weighted by atomic mass is 10.2. The summed E-state index contributed by atoms with van der Waals surface area (Å²) < 4.78 is 7.18. The molecule has 2 heterocycles. The number of carbonyl (C=O) groups is 1. The highest BCUT2D eigenvalue weighted by atomic mass is 16.5. The molecule has 140 valence electrons. The summed E-state index contributed by atoms with van der Waals surface area (Å²) in [6.07, 6.45) is 1.43. The van der Waals surface area contributed by atoms with E-state index in [1.807, 2.05) is 26.0 Å². The number of nitrogens with zero attached hydrogens (tertiary/aromatic N) is 3. The second-order valence-electron chi connectivity index (χ2n) is 6.95. The highest BCUT2D eigenvalue weighted by Crippen LogP contribution is 2.17. The Bertz CT molecular complexity index is 833. The summed E-state index contributed by atoms with van der Waals surface area (Å²) in [4.78, 5) is 30.7. The molecule has 1 saturated heterocycles. The number of rotatable bonds is 6. The molecule has 1 amide bonds. The van der Waals surface area contributed by atoms with Gasteiger partial charge >= 0.3 is 0 Å². The van der Waals surface area contributed by atoms with Gasteiger partial charge in [-0.2, -0.15) is 0 Å². The van der Waals surface area contributed by atoms with Crippen molar-refractivity contribution in [2.75, 3.05) is 13.1 Å². The number of likely N-dealkylation sites (tertiary alicyclic amines) is 1. The molecule has 1 aliphatic rings. The van der Waals surface area contributed by atoms with Crippen LogP contribution in [-0.2, 0) is 16.1 Å². The first kappa shape index (κ1) is 18.5. The van der Waals surface area contributed by atoms with Gasteiger partial charge < -0.3 is 14.7 Å². The summed E-state index contributed by atoms with van der Waals surface area (Å²) in [6, 6.07) is 7.22. The lowest BCUT2D eigenvalue weighted by molar-refractivity contribution is -0.131. The average Bonchev–Trinajstić information content (AvgIpc) is 2.97. The van der Waals surface area contributed by atoms with E-state index in [0.29, 0.717) is 43.4 Å². The molecule has 0 unspecified atom stereocenters. The Morgan fingerprint density at radius 1 is 1.35 bits per heavy atom. The minimum Gasteiger partial charge on any atom is -0.388 e. The molecule has 0 aliphatic carbocycles. The zero-order valence-corrected chi connectivity index (χ0v) is 15.2. The van der Waals surface area contributed by atoms with Crippen LogP contribution in [0.1, 0.15) is 26.7 Å². The van der Waals surface area contributed by atoms with E-state index < -0.39 is 6.10 Å². The van der Waals surface area contributed by atoms with E-state index in [2.05, 4.69) is 4.98 Å². The Morgan fingerprint density at radius 2 is 2.12 bits per heavy atom. The van der Waals surface area contributed by atoms with Gasteiger partial charge in [-0.3, -0.25) is 14.2 Å². The van der Waals surface area contributed by atoms with Crippen LogP contribution in [0.15, 0.2) is 35.4 Å². The van der Waals surface area contributed by atoms with Gasteiger partial charge in [0.15, 0.2) is 0 Å². The van der Waals surface area contributed by atoms with E-state index in [4.69, 9.17) is 4.74 Å². The summed E-state index contributed by atoms with van der Waals surface area (Å²) in [7, 11) is 0. The van der Waals surface area contributed by atoms with Gasteiger partial charge in [-0.15, -0.1) is 0 Å². The predicted molar refractivity (Wildman–Crippen MR) is 97.8 cm³/mol. The fourth-order valence-corrected chi connectivity index (χ4v) is 3.27. The van der Waals surface area contributed by atoms with Crippen molar-refractivity contribution in [3.05, 3.63) is 40.9 Å². The molecular weight excluding hydrogens is 334 g/mol. The van der Waals surface area contributed by atoms with Gasteiger partial charge in [-0.1, -0.05) is 12.1 Å². The van der Waals surface area contributed by atoms with E-state index in [0.717, 1.165) is 0 Å². The SMILES string of the molecule is CC(C)O[C@@H]1CN(C(=O)CCCn2cnc3ccccc3c2=O)C[C@H]1O. The molecule has 7 nitrogen and oxygen atoms in total. The predicted octanol–water partition coefficient (Wildman–Crippen LogP) is 1.17. The smallest absolute Gasteiger partial charge is 0.261 e. The number of ether oxygens (including phenoxy) is 1. The lowest BCUT2D eigenvalue weighted by Gasteiger charge is -2.18. The highest BCUT2D eigenvalue weighted by molar-refractivity contribution is 5.77. The second-order valence-corrected chi connectivity index (χ2v) is 6.95. The highest BCUT2D eigenvalue weighted by Gasteiger charge is 2.34. The Morgan fingerprint density at radius 3 is 2.88 bits per heavy atom. The van der Waals surface area contributed by atoms with Crippen LogP contribution < -0.4 is 5.56 Å². The molecule has 3 rings (SSSR count). The Labute approximate surface area is 152 Å². The van der Waals surface area contributed by atoms with Crippen LogP contribution in [0.3, 0.4) is 0 Å². The molecule has 0 saturated carbocycles. The van der Waals surface area contributed by atoms with E-state index in [1.165, 1.54) is 6.33 Å². The molecule has 1 aromatic heterocycles. The van der Waals surface area contributed by atoms with Crippen molar-refractivity contribution >= 4 is 16.8 Å². The van der Waals surface area contributed by atoms with Crippen LogP contribution in [0.4, 0.5) is 0 Å². The number of hydrogen-bond donors (Lipinski definition) is 1. The molecule has 1 aromatic carbocycles. The van der Waals surface area contributed by atoms with E-state index in [9.17, 15) is 14.7 Å². The first-order valence-corrected chi connectivity index (χ1v) is 9.01. The molecule has 1 N–H and O–H groups in total. The van der Waals surface area contributed by atoms with Crippen molar-refractivity contribution in [3.8, 4) is 0 Å². The lowest BCUT2D eigenvalue weighted by Crippen LogP contribution is -2.31. The zero-order valence-electron chi connectivity index (χ0n) is 15.2. The maximum absolute atomic E-state index is 12.4. The van der Waals surface area contributed by atoms with Crippen LogP contribution in [0, 0.1) is 0 Å². The Balaban J connectivity index is 1.55. The molecule has 0 radical (unpaired) electrons. The van der Waals surface area contributed by atoms with E-state index in [-0.39, 0.29) is 23.7 Å². The van der Waals surface area contributed by atoms with Gasteiger partial charge in [0.05, 0.1) is 29.4 Å². The fourth-order valence-electron chi connectivity index (χ4n) is 3.27. The molecule has 26 heavy (non-hydrogen) atoms. The average molecular weight is 359 g/mol. The van der Waals surface area contributed by atoms with Gasteiger partial charge in [-0.05, 0) is 32.4 Å². The third kappa shape index (κ3) is 4.11. The first-order valence-electron chi connectivity index (χ1n) is 9.01. The van der Waals surface area contributed by atoms with Gasteiger partial charge in [0.25, 0.3) is 5.56 Å². The van der Waals surface area contributed by atoms with E-state index >= 15 is 0 Å². The molecule has 2 atom stereocenters. The number of amides is 1. The van der Waals surface area contributed by atoms with Crippen LogP contribution in [0.25, 0.3) is 10.9 Å². The maximum Gasteiger partial charge on any atom is 0.261 e. The topological polar surface area (TPSA) is 84.7 Å². The van der Waals surface area contributed by atoms with Crippen molar-refractivity contribution in [3.63, 3.8) is 0 Å². The number of aromatic nitrogens is 2. The summed E-state index contributed by atoms with van der Waals surface area (Å²) in [5, 5.41) is 10.6. The molecular formula is C19H25N3O4. The van der Waals surface area contributed by atoms with Crippen LogP contribution in [0.5, 0.6) is 0 Å². The minimum atomic E-state index is -0.645. The van der Waals surface area contributed by atoms with Crippen molar-refractivity contribution in [2.24, 2.45) is 0 Å². The number of aryl methyl sites for hydroxylation is 1. The summed E-state index contributed by atoms with van der Waals surface area (Å²) >= 11 is 0.